The van der Waals surface area contributed by atoms with E-state index in [9.17, 15) is 9.59 Å². The van der Waals surface area contributed by atoms with E-state index in [4.69, 9.17) is 4.74 Å². The largest absolute Gasteiger partial charge is 0.376 e. The van der Waals surface area contributed by atoms with Crippen LogP contribution in [0.1, 0.15) is 25.3 Å². The zero-order valence-electron chi connectivity index (χ0n) is 13.0. The minimum absolute atomic E-state index is 0.380. The maximum absolute atomic E-state index is 11.8. The van der Waals surface area contributed by atoms with Gasteiger partial charge in [0.05, 0.1) is 6.61 Å². The van der Waals surface area contributed by atoms with Gasteiger partial charge >= 0.3 is 6.03 Å². The Morgan fingerprint density at radius 3 is 2.82 bits per heavy atom. The third-order valence-corrected chi connectivity index (χ3v) is 3.49. The predicted molar refractivity (Wildman–Crippen MR) is 84.5 cm³/mol. The number of amides is 3. The van der Waals surface area contributed by atoms with Crippen molar-refractivity contribution < 1.29 is 14.3 Å². The molecular formula is C16H23N3O3. The fraction of sp³-hybridized carbons (Fsp3) is 0.500. The average Bonchev–Trinajstić information content (AvgIpc) is 3.31. The van der Waals surface area contributed by atoms with Crippen LogP contribution in [0.2, 0.25) is 0 Å². The van der Waals surface area contributed by atoms with Crippen molar-refractivity contribution >= 4 is 17.6 Å². The normalized spacial score (nSPS) is 15.0. The predicted octanol–water partition coefficient (Wildman–Crippen LogP) is 1.87. The first-order valence-electron chi connectivity index (χ1n) is 7.54. The minimum Gasteiger partial charge on any atom is -0.376 e. The molecule has 1 aromatic rings. The summed E-state index contributed by atoms with van der Waals surface area (Å²) in [5.41, 5.74) is 1.89. The summed E-state index contributed by atoms with van der Waals surface area (Å²) in [5.74, 6) is 0.365. The molecule has 0 spiro atoms. The van der Waals surface area contributed by atoms with Crippen LogP contribution in [-0.4, -0.2) is 31.6 Å². The maximum Gasteiger partial charge on any atom is 0.321 e. The Kier molecular flexibility index (Phi) is 5.77. The van der Waals surface area contributed by atoms with Gasteiger partial charge in [0, 0.05) is 19.3 Å². The minimum atomic E-state index is -0.514. The van der Waals surface area contributed by atoms with Crippen LogP contribution in [0.5, 0.6) is 0 Å². The second kappa shape index (κ2) is 7.79. The Labute approximate surface area is 130 Å². The van der Waals surface area contributed by atoms with E-state index < -0.39 is 12.1 Å². The average molecular weight is 305 g/mol. The highest BCUT2D eigenvalue weighted by Crippen LogP contribution is 2.29. The lowest BCUT2D eigenvalue weighted by Gasteiger charge is -2.15. The number of ether oxygens (including phenoxy) is 1. The smallest absolute Gasteiger partial charge is 0.321 e. The van der Waals surface area contributed by atoms with Gasteiger partial charge in [0.25, 0.3) is 0 Å². The molecule has 6 nitrogen and oxygen atoms in total. The Morgan fingerprint density at radius 1 is 1.36 bits per heavy atom. The van der Waals surface area contributed by atoms with Gasteiger partial charge in [-0.15, -0.1) is 0 Å². The van der Waals surface area contributed by atoms with Gasteiger partial charge in [-0.2, -0.15) is 0 Å². The summed E-state index contributed by atoms with van der Waals surface area (Å²) in [6.45, 7) is 3.10. The summed E-state index contributed by atoms with van der Waals surface area (Å²) in [7, 11) is 1.46. The molecule has 1 atom stereocenters. The molecule has 0 saturated heterocycles. The number of carbonyl (C=O) groups is 2. The standard InChI is InChI=1S/C16H23N3O3/c1-11(15(20)19-16(21)17-2)18-14-5-3-4-13(8-14)10-22-9-12-6-7-12/h3-5,8,11-12,18H,6-7,9-10H2,1-2H3,(H2,17,19,20,21)/t11-/m1/s1. The highest BCUT2D eigenvalue weighted by molar-refractivity contribution is 5.97. The molecule has 3 amide bonds. The summed E-state index contributed by atoms with van der Waals surface area (Å²) in [6, 6.07) is 6.72. The van der Waals surface area contributed by atoms with Gasteiger partial charge in [0.15, 0.2) is 0 Å². The number of benzene rings is 1. The van der Waals surface area contributed by atoms with Crippen LogP contribution in [0.25, 0.3) is 0 Å². The molecule has 0 bridgehead atoms. The Bertz CT molecular complexity index is 529. The molecule has 22 heavy (non-hydrogen) atoms. The first-order valence-corrected chi connectivity index (χ1v) is 7.54. The summed E-state index contributed by atoms with van der Waals surface area (Å²) in [6.07, 6.45) is 2.55. The number of imide groups is 1. The number of hydrogen-bond donors (Lipinski definition) is 3. The van der Waals surface area contributed by atoms with Crippen molar-refractivity contribution in [1.82, 2.24) is 10.6 Å². The molecule has 1 saturated carbocycles. The van der Waals surface area contributed by atoms with Crippen molar-refractivity contribution in [3.8, 4) is 0 Å². The molecule has 2 rings (SSSR count). The molecule has 0 aromatic heterocycles. The quantitative estimate of drug-likeness (QED) is 0.718. The van der Waals surface area contributed by atoms with Gasteiger partial charge in [0.2, 0.25) is 5.91 Å². The van der Waals surface area contributed by atoms with Crippen molar-refractivity contribution in [3.63, 3.8) is 0 Å². The van der Waals surface area contributed by atoms with Crippen LogP contribution in [0, 0.1) is 5.92 Å². The first-order chi connectivity index (χ1) is 10.6. The van der Waals surface area contributed by atoms with Crippen molar-refractivity contribution in [2.75, 3.05) is 19.0 Å². The summed E-state index contributed by atoms with van der Waals surface area (Å²) < 4.78 is 5.66. The number of anilines is 1. The van der Waals surface area contributed by atoms with Crippen LogP contribution in [0.15, 0.2) is 24.3 Å². The topological polar surface area (TPSA) is 79.5 Å². The molecule has 0 aliphatic heterocycles. The molecule has 0 radical (unpaired) electrons. The molecule has 3 N–H and O–H groups in total. The van der Waals surface area contributed by atoms with Crippen molar-refractivity contribution in [1.29, 1.82) is 0 Å². The van der Waals surface area contributed by atoms with Gasteiger partial charge in [-0.1, -0.05) is 12.1 Å². The van der Waals surface area contributed by atoms with Crippen LogP contribution in [0.4, 0.5) is 10.5 Å². The van der Waals surface area contributed by atoms with Crippen molar-refractivity contribution in [3.05, 3.63) is 29.8 Å². The number of carbonyl (C=O) groups excluding carboxylic acids is 2. The molecule has 1 aliphatic carbocycles. The molecule has 6 heteroatoms. The first kappa shape index (κ1) is 16.3. The fourth-order valence-corrected chi connectivity index (χ4v) is 1.98. The third-order valence-electron chi connectivity index (χ3n) is 3.49. The zero-order chi connectivity index (χ0) is 15.9. The van der Waals surface area contributed by atoms with E-state index in [1.54, 1.807) is 6.92 Å². The Morgan fingerprint density at radius 2 is 2.14 bits per heavy atom. The number of hydrogen-bond acceptors (Lipinski definition) is 4. The Hall–Kier alpha value is -2.08. The highest BCUT2D eigenvalue weighted by Gasteiger charge is 2.21. The fourth-order valence-electron chi connectivity index (χ4n) is 1.98. The second-order valence-corrected chi connectivity index (χ2v) is 5.59. The van der Waals surface area contributed by atoms with Crippen LogP contribution in [-0.2, 0) is 16.1 Å². The van der Waals surface area contributed by atoms with Gasteiger partial charge in [-0.3, -0.25) is 10.1 Å². The molecule has 120 valence electrons. The van der Waals surface area contributed by atoms with E-state index in [-0.39, 0.29) is 5.91 Å². The SMILES string of the molecule is CNC(=O)NC(=O)[C@@H](C)Nc1cccc(COCC2CC2)c1. The van der Waals surface area contributed by atoms with Crippen LogP contribution >= 0.6 is 0 Å². The van der Waals surface area contributed by atoms with Gasteiger partial charge in [0.1, 0.15) is 6.04 Å². The second-order valence-electron chi connectivity index (χ2n) is 5.59. The number of urea groups is 1. The Balaban J connectivity index is 1.82. The maximum atomic E-state index is 11.8. The van der Waals surface area contributed by atoms with E-state index in [1.807, 2.05) is 24.3 Å². The number of nitrogens with one attached hydrogen (secondary N) is 3. The zero-order valence-corrected chi connectivity index (χ0v) is 13.0. The molecule has 0 unspecified atom stereocenters. The lowest BCUT2D eigenvalue weighted by molar-refractivity contribution is -0.120. The molecule has 0 heterocycles. The van der Waals surface area contributed by atoms with E-state index in [0.717, 1.165) is 23.8 Å². The monoisotopic (exact) mass is 305 g/mol. The highest BCUT2D eigenvalue weighted by atomic mass is 16.5. The number of rotatable bonds is 7. The van der Waals surface area contributed by atoms with Gasteiger partial charge < -0.3 is 15.4 Å². The summed E-state index contributed by atoms with van der Waals surface area (Å²) >= 11 is 0. The van der Waals surface area contributed by atoms with Crippen molar-refractivity contribution in [2.24, 2.45) is 5.92 Å². The van der Waals surface area contributed by atoms with E-state index >= 15 is 0 Å². The molecule has 1 aliphatic rings. The third kappa shape index (κ3) is 5.37. The van der Waals surface area contributed by atoms with Crippen LogP contribution in [0.3, 0.4) is 0 Å². The molecule has 1 aromatic carbocycles. The summed E-state index contributed by atoms with van der Waals surface area (Å²) in [4.78, 5) is 22.9. The van der Waals surface area contributed by atoms with E-state index in [2.05, 4.69) is 16.0 Å². The summed E-state index contributed by atoms with van der Waals surface area (Å²) in [5, 5.41) is 7.66. The van der Waals surface area contributed by atoms with E-state index in [0.29, 0.717) is 6.61 Å². The lowest BCUT2D eigenvalue weighted by atomic mass is 10.2. The van der Waals surface area contributed by atoms with Gasteiger partial charge in [-0.25, -0.2) is 4.79 Å². The van der Waals surface area contributed by atoms with Gasteiger partial charge in [-0.05, 0) is 43.4 Å². The molecule has 1 fully saturated rings. The van der Waals surface area contributed by atoms with Crippen LogP contribution < -0.4 is 16.0 Å². The molecular weight excluding hydrogens is 282 g/mol. The van der Waals surface area contributed by atoms with Crippen molar-refractivity contribution in [2.45, 2.75) is 32.4 Å². The lowest BCUT2D eigenvalue weighted by Crippen LogP contribution is -2.44. The van der Waals surface area contributed by atoms with E-state index in [1.165, 1.54) is 19.9 Å².